The fourth-order valence-corrected chi connectivity index (χ4v) is 1.85. The van der Waals surface area contributed by atoms with Crippen LogP contribution in [0.3, 0.4) is 0 Å². The van der Waals surface area contributed by atoms with Crippen LogP contribution in [-0.4, -0.2) is 54.1 Å². The number of hydrogen-bond acceptors (Lipinski definition) is 8. The summed E-state index contributed by atoms with van der Waals surface area (Å²) in [6, 6.07) is 7.79. The minimum Gasteiger partial charge on any atom is -0.481 e. The van der Waals surface area contributed by atoms with E-state index < -0.39 is 36.4 Å². The number of aliphatic hydroxyl groups is 1. The number of carboxylic acid groups (broad SMARTS) is 3. The molecular weight excluding hydrogens is 336 g/mol. The smallest absolute Gasteiger partial charge is 0.336 e. The zero-order valence-corrected chi connectivity index (χ0v) is 12.8. The van der Waals surface area contributed by atoms with Crippen molar-refractivity contribution in [1.82, 2.24) is 10.2 Å². The Morgan fingerprint density at radius 2 is 1.64 bits per heavy atom. The van der Waals surface area contributed by atoms with Crippen molar-refractivity contribution in [1.29, 1.82) is 0 Å². The number of anilines is 1. The molecule has 25 heavy (non-hydrogen) atoms. The molecule has 0 aliphatic heterocycles. The van der Waals surface area contributed by atoms with Gasteiger partial charge in [0.2, 0.25) is 0 Å². The third kappa shape index (κ3) is 5.67. The highest BCUT2D eigenvalue weighted by Gasteiger charge is 2.40. The minimum atomic E-state index is -2.74. The van der Waals surface area contributed by atoms with Crippen LogP contribution in [0.25, 0.3) is 10.8 Å². The number of nitrogens with two attached hydrogens (primary N) is 1. The van der Waals surface area contributed by atoms with Crippen molar-refractivity contribution in [2.45, 2.75) is 18.4 Å². The molecule has 134 valence electrons. The first-order valence-electron chi connectivity index (χ1n) is 6.76. The van der Waals surface area contributed by atoms with E-state index in [0.717, 1.165) is 10.8 Å². The number of nitrogens with one attached hydrogen (secondary N) is 1. The highest BCUT2D eigenvalue weighted by molar-refractivity contribution is 5.90. The van der Waals surface area contributed by atoms with E-state index in [9.17, 15) is 14.4 Å². The van der Waals surface area contributed by atoms with E-state index in [0.29, 0.717) is 5.82 Å². The van der Waals surface area contributed by atoms with E-state index in [-0.39, 0.29) is 0 Å². The number of carboxylic acids is 3. The molecule has 2 rings (SSSR count). The number of nitrogens with zero attached hydrogens (tertiary/aromatic N) is 2. The molecule has 11 nitrogen and oxygen atoms in total. The summed E-state index contributed by atoms with van der Waals surface area (Å²) in [5.41, 5.74) is -0.242. The van der Waals surface area contributed by atoms with E-state index in [2.05, 4.69) is 15.6 Å². The number of hydrazine groups is 1. The molecule has 0 spiro atoms. The van der Waals surface area contributed by atoms with Crippen molar-refractivity contribution in [2.75, 3.05) is 5.43 Å². The van der Waals surface area contributed by atoms with Crippen LogP contribution in [-0.2, 0) is 14.4 Å². The van der Waals surface area contributed by atoms with E-state index in [1.807, 2.05) is 24.3 Å². The van der Waals surface area contributed by atoms with Crippen LogP contribution in [0.15, 0.2) is 30.5 Å². The molecule has 0 aliphatic carbocycles. The predicted molar refractivity (Wildman–Crippen MR) is 84.4 cm³/mol. The average molecular weight is 352 g/mol. The van der Waals surface area contributed by atoms with Crippen LogP contribution in [0.4, 0.5) is 5.82 Å². The Morgan fingerprint density at radius 3 is 2.12 bits per heavy atom. The Morgan fingerprint density at radius 1 is 1.08 bits per heavy atom. The number of benzene rings is 1. The number of nitrogen functional groups attached to an aromatic ring is 1. The van der Waals surface area contributed by atoms with Crippen molar-refractivity contribution in [3.05, 3.63) is 30.5 Å². The number of aliphatic carboxylic acids is 3. The molecule has 0 unspecified atom stereocenters. The summed E-state index contributed by atoms with van der Waals surface area (Å²) < 4.78 is 0. The van der Waals surface area contributed by atoms with E-state index >= 15 is 0 Å². The van der Waals surface area contributed by atoms with Crippen molar-refractivity contribution in [2.24, 2.45) is 5.84 Å². The number of hydrogen-bond donors (Lipinski definition) is 6. The van der Waals surface area contributed by atoms with Gasteiger partial charge in [0.1, 0.15) is 0 Å². The molecule has 1 aromatic carbocycles. The Labute approximate surface area is 140 Å². The SMILES string of the molecule is NNc1nncc2ccccc12.O=C(O)CC(O)(CC(=O)O)C(=O)O. The maximum Gasteiger partial charge on any atom is 0.336 e. The standard InChI is InChI=1S/C8H8N4.C6H8O7/c9-11-8-7-4-2-1-3-6(7)5-10-12-8;7-3(8)1-6(13,5(11)12)2-4(9)10/h1-5H,9H2,(H,11,12);13H,1-2H2,(H,7,8)(H,9,10)(H,11,12). The van der Waals surface area contributed by atoms with Gasteiger partial charge in [0, 0.05) is 10.8 Å². The molecule has 0 saturated heterocycles. The van der Waals surface area contributed by atoms with Crippen LogP contribution in [0.1, 0.15) is 12.8 Å². The maximum absolute atomic E-state index is 10.3. The number of rotatable bonds is 6. The molecule has 2 aromatic rings. The lowest BCUT2D eigenvalue weighted by molar-refractivity contribution is -0.170. The second-order valence-corrected chi connectivity index (χ2v) is 4.90. The molecule has 0 amide bonds. The lowest BCUT2D eigenvalue weighted by atomic mass is 9.96. The van der Waals surface area contributed by atoms with Gasteiger partial charge in [-0.25, -0.2) is 10.6 Å². The Hall–Kier alpha value is -3.31. The lowest BCUT2D eigenvalue weighted by Crippen LogP contribution is -2.42. The molecule has 1 aromatic heterocycles. The van der Waals surface area contributed by atoms with Gasteiger partial charge in [0.05, 0.1) is 19.0 Å². The summed E-state index contributed by atoms with van der Waals surface area (Å²) in [6.45, 7) is 0. The monoisotopic (exact) mass is 352 g/mol. The molecule has 0 saturated carbocycles. The van der Waals surface area contributed by atoms with E-state index in [4.69, 9.17) is 26.3 Å². The summed E-state index contributed by atoms with van der Waals surface area (Å²) in [7, 11) is 0. The Bertz CT molecular complexity index is 759. The summed E-state index contributed by atoms with van der Waals surface area (Å²) >= 11 is 0. The first kappa shape index (κ1) is 19.7. The number of aromatic nitrogens is 2. The molecular formula is C14H16N4O7. The van der Waals surface area contributed by atoms with Gasteiger partial charge in [-0.05, 0) is 0 Å². The molecule has 0 radical (unpaired) electrons. The molecule has 0 aliphatic rings. The lowest BCUT2D eigenvalue weighted by Gasteiger charge is -2.18. The topological polar surface area (TPSA) is 196 Å². The van der Waals surface area contributed by atoms with Crippen LogP contribution in [0, 0.1) is 0 Å². The summed E-state index contributed by atoms with van der Waals surface area (Å²) in [4.78, 5) is 30.5. The summed E-state index contributed by atoms with van der Waals surface area (Å²) in [5, 5.41) is 43.5. The summed E-state index contributed by atoms with van der Waals surface area (Å²) in [5.74, 6) is 0.849. The van der Waals surface area contributed by atoms with Gasteiger partial charge >= 0.3 is 17.9 Å². The zero-order valence-electron chi connectivity index (χ0n) is 12.8. The molecule has 7 N–H and O–H groups in total. The van der Waals surface area contributed by atoms with Crippen LogP contribution in [0.5, 0.6) is 0 Å². The van der Waals surface area contributed by atoms with Crippen molar-refractivity contribution >= 4 is 34.5 Å². The largest absolute Gasteiger partial charge is 0.481 e. The number of carbonyl (C=O) groups is 3. The van der Waals surface area contributed by atoms with Gasteiger partial charge in [-0.15, -0.1) is 5.10 Å². The first-order valence-corrected chi connectivity index (χ1v) is 6.76. The van der Waals surface area contributed by atoms with Crippen molar-refractivity contribution < 1.29 is 34.8 Å². The van der Waals surface area contributed by atoms with Crippen molar-refractivity contribution in [3.8, 4) is 0 Å². The first-order chi connectivity index (χ1) is 11.7. The van der Waals surface area contributed by atoms with Gasteiger partial charge in [-0.3, -0.25) is 9.59 Å². The molecule has 0 bridgehead atoms. The predicted octanol–water partition coefficient (Wildman–Crippen LogP) is -0.333. The van der Waals surface area contributed by atoms with Crippen LogP contribution < -0.4 is 11.3 Å². The van der Waals surface area contributed by atoms with Gasteiger partial charge < -0.3 is 25.9 Å². The van der Waals surface area contributed by atoms with E-state index in [1.165, 1.54) is 0 Å². The van der Waals surface area contributed by atoms with Gasteiger partial charge in [-0.2, -0.15) is 5.10 Å². The Kier molecular flexibility index (Phi) is 6.72. The quantitative estimate of drug-likeness (QED) is 0.294. The Balaban J connectivity index is 0.000000250. The van der Waals surface area contributed by atoms with Gasteiger partial charge in [-0.1, -0.05) is 24.3 Å². The second-order valence-electron chi connectivity index (χ2n) is 4.90. The highest BCUT2D eigenvalue weighted by atomic mass is 16.4. The maximum atomic E-state index is 10.3. The van der Waals surface area contributed by atoms with Gasteiger partial charge in [0.25, 0.3) is 0 Å². The number of fused-ring (bicyclic) bond motifs is 1. The molecule has 0 atom stereocenters. The zero-order chi connectivity index (χ0) is 19.0. The normalized spacial score (nSPS) is 10.5. The van der Waals surface area contributed by atoms with Gasteiger partial charge in [0.15, 0.2) is 11.4 Å². The average Bonchev–Trinajstić information content (AvgIpc) is 2.53. The third-order valence-electron chi connectivity index (χ3n) is 2.99. The minimum absolute atomic E-state index is 0.605. The summed E-state index contributed by atoms with van der Waals surface area (Å²) in [6.07, 6.45) is -0.584. The highest BCUT2D eigenvalue weighted by Crippen LogP contribution is 2.17. The van der Waals surface area contributed by atoms with Crippen molar-refractivity contribution in [3.63, 3.8) is 0 Å². The fraction of sp³-hybridized carbons (Fsp3) is 0.214. The second kappa shape index (κ2) is 8.52. The van der Waals surface area contributed by atoms with E-state index in [1.54, 1.807) is 6.20 Å². The fourth-order valence-electron chi connectivity index (χ4n) is 1.85. The molecule has 11 heteroatoms. The van der Waals surface area contributed by atoms with Crippen LogP contribution in [0.2, 0.25) is 0 Å². The molecule has 1 heterocycles. The third-order valence-corrected chi connectivity index (χ3v) is 2.99. The molecule has 0 fully saturated rings. The van der Waals surface area contributed by atoms with Crippen LogP contribution >= 0.6 is 0 Å².